The van der Waals surface area contributed by atoms with E-state index in [4.69, 9.17) is 30.5 Å². The van der Waals surface area contributed by atoms with Gasteiger partial charge in [0.15, 0.2) is 11.5 Å². The molecule has 2 amide bonds. The van der Waals surface area contributed by atoms with Crippen LogP contribution in [-0.2, 0) is 9.59 Å². The van der Waals surface area contributed by atoms with Gasteiger partial charge in [-0.1, -0.05) is 11.6 Å². The molecule has 0 atom stereocenters. The first-order valence-electron chi connectivity index (χ1n) is 7.69. The zero-order valence-electron chi connectivity index (χ0n) is 15.2. The van der Waals surface area contributed by atoms with Crippen LogP contribution in [0.3, 0.4) is 0 Å². The first kappa shape index (κ1) is 20.2. The summed E-state index contributed by atoms with van der Waals surface area (Å²) in [7, 11) is 5.81. The molecule has 0 aliphatic carbocycles. The van der Waals surface area contributed by atoms with Crippen LogP contribution >= 0.6 is 11.6 Å². The lowest BCUT2D eigenvalue weighted by Crippen LogP contribution is -2.29. The number of hydrogen-bond donors (Lipinski definition) is 2. The highest BCUT2D eigenvalue weighted by atomic mass is 35.5. The Bertz CT molecular complexity index is 856. The lowest BCUT2D eigenvalue weighted by Gasteiger charge is -2.13. The minimum atomic E-state index is -0.896. The van der Waals surface area contributed by atoms with Gasteiger partial charge in [-0.3, -0.25) is 9.59 Å². The molecule has 0 aromatic heterocycles. The van der Waals surface area contributed by atoms with Crippen LogP contribution in [0.2, 0.25) is 5.02 Å². The van der Waals surface area contributed by atoms with Gasteiger partial charge < -0.3 is 29.6 Å². The van der Waals surface area contributed by atoms with E-state index in [1.54, 1.807) is 12.1 Å². The van der Waals surface area contributed by atoms with E-state index in [-0.39, 0.29) is 11.4 Å². The number of hydrogen-bond acceptors (Lipinski definition) is 6. The van der Waals surface area contributed by atoms with Gasteiger partial charge in [-0.15, -0.1) is 0 Å². The summed E-state index contributed by atoms with van der Waals surface area (Å²) in [5.74, 6) is -0.246. The maximum absolute atomic E-state index is 12.2. The molecule has 9 heteroatoms. The highest BCUT2D eigenvalue weighted by Gasteiger charge is 2.18. The summed E-state index contributed by atoms with van der Waals surface area (Å²) >= 11 is 6.02. The second-order valence-corrected chi connectivity index (χ2v) is 5.57. The van der Waals surface area contributed by atoms with Crippen molar-refractivity contribution in [1.82, 2.24) is 0 Å². The van der Waals surface area contributed by atoms with E-state index in [9.17, 15) is 9.59 Å². The monoisotopic (exact) mass is 394 g/mol. The van der Waals surface area contributed by atoms with Crippen LogP contribution in [-0.4, -0.2) is 40.3 Å². The Labute approximate surface area is 161 Å². The number of anilines is 2. The minimum Gasteiger partial charge on any atom is -0.495 e. The fourth-order valence-corrected chi connectivity index (χ4v) is 2.47. The molecule has 2 N–H and O–H groups in total. The Kier molecular flexibility index (Phi) is 6.73. The molecule has 2 aromatic carbocycles. The van der Waals surface area contributed by atoms with Gasteiger partial charge in [-0.05, 0) is 12.1 Å². The van der Waals surface area contributed by atoms with Crippen LogP contribution in [0.4, 0.5) is 11.4 Å². The van der Waals surface area contributed by atoms with Crippen LogP contribution in [0.25, 0.3) is 0 Å². The molecule has 0 radical (unpaired) electrons. The normalized spacial score (nSPS) is 9.96. The van der Waals surface area contributed by atoms with Crippen molar-refractivity contribution in [1.29, 1.82) is 0 Å². The van der Waals surface area contributed by atoms with Crippen molar-refractivity contribution < 1.29 is 28.5 Å². The summed E-state index contributed by atoms with van der Waals surface area (Å²) in [4.78, 5) is 24.4. The maximum atomic E-state index is 12.2. The minimum absolute atomic E-state index is 0.242. The molecule has 0 spiro atoms. The molecule has 0 aliphatic rings. The van der Waals surface area contributed by atoms with Gasteiger partial charge in [0.2, 0.25) is 0 Å². The molecule has 2 rings (SSSR count). The summed E-state index contributed by atoms with van der Waals surface area (Å²) in [5, 5.41) is 5.25. The van der Waals surface area contributed by atoms with Crippen LogP contribution in [0, 0.1) is 0 Å². The van der Waals surface area contributed by atoms with Gasteiger partial charge in [-0.25, -0.2) is 0 Å². The first-order valence-corrected chi connectivity index (χ1v) is 8.07. The Balaban J connectivity index is 2.16. The second-order valence-electron chi connectivity index (χ2n) is 5.17. The molecule has 0 bridgehead atoms. The highest BCUT2D eigenvalue weighted by molar-refractivity contribution is 6.44. The Morgan fingerprint density at radius 1 is 0.741 bits per heavy atom. The van der Waals surface area contributed by atoms with Gasteiger partial charge >= 0.3 is 11.8 Å². The van der Waals surface area contributed by atoms with Gasteiger partial charge in [0.1, 0.15) is 11.5 Å². The zero-order valence-corrected chi connectivity index (χ0v) is 16.0. The van der Waals surface area contributed by atoms with Gasteiger partial charge in [0.25, 0.3) is 0 Å². The van der Waals surface area contributed by atoms with E-state index in [2.05, 4.69) is 10.6 Å². The number of halogens is 1. The summed E-state index contributed by atoms with van der Waals surface area (Å²) in [6.45, 7) is 0. The van der Waals surface area contributed by atoms with Crippen molar-refractivity contribution >= 4 is 34.8 Å². The summed E-state index contributed by atoms with van der Waals surface area (Å²) in [5.41, 5.74) is 0.611. The molecular weight excluding hydrogens is 376 g/mol. The molecule has 0 heterocycles. The van der Waals surface area contributed by atoms with Crippen LogP contribution in [0.5, 0.6) is 23.0 Å². The van der Waals surface area contributed by atoms with E-state index in [1.165, 1.54) is 46.6 Å². The molecule has 8 nitrogen and oxygen atoms in total. The molecule has 0 aliphatic heterocycles. The Morgan fingerprint density at radius 2 is 1.33 bits per heavy atom. The van der Waals surface area contributed by atoms with E-state index < -0.39 is 11.8 Å². The summed E-state index contributed by atoms with van der Waals surface area (Å²) in [6.07, 6.45) is 0. The SMILES string of the molecule is COc1cc(NC(=O)C(=O)Nc2ccc(OC)c(OC)c2)c(OC)cc1Cl. The predicted octanol–water partition coefficient (Wildman–Crippen LogP) is 2.95. The predicted molar refractivity (Wildman–Crippen MR) is 101 cm³/mol. The van der Waals surface area contributed by atoms with E-state index >= 15 is 0 Å². The Hall–Kier alpha value is -3.13. The number of rotatable bonds is 6. The molecule has 0 saturated heterocycles. The average molecular weight is 395 g/mol. The van der Waals surface area contributed by atoms with Crippen LogP contribution in [0.1, 0.15) is 0 Å². The average Bonchev–Trinajstić information content (AvgIpc) is 2.68. The van der Waals surface area contributed by atoms with Crippen molar-refractivity contribution in [2.45, 2.75) is 0 Å². The van der Waals surface area contributed by atoms with Gasteiger partial charge in [0.05, 0.1) is 39.1 Å². The fraction of sp³-hybridized carbons (Fsp3) is 0.222. The van der Waals surface area contributed by atoms with Gasteiger partial charge in [-0.2, -0.15) is 0 Å². The van der Waals surface area contributed by atoms with E-state index in [0.29, 0.717) is 28.0 Å². The summed E-state index contributed by atoms with van der Waals surface area (Å²) in [6, 6.07) is 7.67. The molecule has 2 aromatic rings. The third-order valence-electron chi connectivity index (χ3n) is 3.57. The largest absolute Gasteiger partial charge is 0.495 e. The lowest BCUT2D eigenvalue weighted by molar-refractivity contribution is -0.133. The quantitative estimate of drug-likeness (QED) is 0.731. The smallest absolute Gasteiger partial charge is 0.314 e. The molecule has 0 unspecified atom stereocenters. The van der Waals surface area contributed by atoms with Crippen molar-refractivity contribution in [2.24, 2.45) is 0 Å². The van der Waals surface area contributed by atoms with Crippen LogP contribution in [0.15, 0.2) is 30.3 Å². The first-order chi connectivity index (χ1) is 12.9. The molecular formula is C18H19ClN2O6. The number of nitrogens with one attached hydrogen (secondary N) is 2. The number of amides is 2. The number of methoxy groups -OCH3 is 4. The maximum Gasteiger partial charge on any atom is 0.314 e. The molecule has 0 fully saturated rings. The molecule has 0 saturated carbocycles. The standard InChI is InChI=1S/C18H19ClN2O6/c1-24-13-6-5-10(7-16(13)27-4)20-17(22)18(23)21-12-9-14(25-2)11(19)8-15(12)26-3/h5-9H,1-4H3,(H,20,22)(H,21,23). The summed E-state index contributed by atoms with van der Waals surface area (Å²) < 4.78 is 20.6. The van der Waals surface area contributed by atoms with Gasteiger partial charge in [0, 0.05) is 23.9 Å². The molecule has 144 valence electrons. The topological polar surface area (TPSA) is 95.1 Å². The zero-order chi connectivity index (χ0) is 20.0. The van der Waals surface area contributed by atoms with Crippen molar-refractivity contribution in [3.05, 3.63) is 35.4 Å². The van der Waals surface area contributed by atoms with Crippen LogP contribution < -0.4 is 29.6 Å². The third-order valence-corrected chi connectivity index (χ3v) is 3.87. The number of benzene rings is 2. The number of carbonyl (C=O) groups excluding carboxylic acids is 2. The lowest BCUT2D eigenvalue weighted by atomic mass is 10.2. The second kappa shape index (κ2) is 9.00. The van der Waals surface area contributed by atoms with E-state index in [0.717, 1.165) is 0 Å². The van der Waals surface area contributed by atoms with Crippen molar-refractivity contribution in [3.63, 3.8) is 0 Å². The number of ether oxygens (including phenoxy) is 4. The molecule has 27 heavy (non-hydrogen) atoms. The van der Waals surface area contributed by atoms with Crippen molar-refractivity contribution in [2.75, 3.05) is 39.1 Å². The fourth-order valence-electron chi connectivity index (χ4n) is 2.24. The highest BCUT2D eigenvalue weighted by Crippen LogP contribution is 2.36. The third kappa shape index (κ3) is 4.73. The Morgan fingerprint density at radius 3 is 1.93 bits per heavy atom. The van der Waals surface area contributed by atoms with E-state index in [1.807, 2.05) is 0 Å². The number of carbonyl (C=O) groups is 2. The van der Waals surface area contributed by atoms with Crippen molar-refractivity contribution in [3.8, 4) is 23.0 Å².